The Morgan fingerprint density at radius 1 is 1.29 bits per heavy atom. The van der Waals surface area contributed by atoms with Crippen LogP contribution in [-0.2, 0) is 0 Å². The second kappa shape index (κ2) is 6.21. The van der Waals surface area contributed by atoms with Crippen molar-refractivity contribution in [3.05, 3.63) is 24.3 Å². The number of amides is 2. The SMILES string of the molecule is NC1CC(CNC(=O)Nc2ccc(OC(F)(F)F)cc2)C1. The molecule has 0 atom stereocenters. The zero-order valence-electron chi connectivity index (χ0n) is 11.1. The van der Waals surface area contributed by atoms with Gasteiger partial charge in [0.15, 0.2) is 0 Å². The van der Waals surface area contributed by atoms with Crippen LogP contribution in [0.25, 0.3) is 0 Å². The van der Waals surface area contributed by atoms with Gasteiger partial charge in [-0.05, 0) is 43.0 Å². The van der Waals surface area contributed by atoms with Crippen molar-refractivity contribution in [2.24, 2.45) is 11.7 Å². The van der Waals surface area contributed by atoms with Crippen molar-refractivity contribution in [3.63, 3.8) is 0 Å². The maximum atomic E-state index is 12.0. The smallest absolute Gasteiger partial charge is 0.406 e. The van der Waals surface area contributed by atoms with Gasteiger partial charge in [0.2, 0.25) is 0 Å². The zero-order chi connectivity index (χ0) is 15.5. The van der Waals surface area contributed by atoms with Gasteiger partial charge in [-0.2, -0.15) is 0 Å². The predicted molar refractivity (Wildman–Crippen MR) is 70.8 cm³/mol. The van der Waals surface area contributed by atoms with Crippen LogP contribution in [-0.4, -0.2) is 25.0 Å². The summed E-state index contributed by atoms with van der Waals surface area (Å²) in [4.78, 5) is 11.6. The van der Waals surface area contributed by atoms with E-state index in [9.17, 15) is 18.0 Å². The Morgan fingerprint density at radius 3 is 2.43 bits per heavy atom. The van der Waals surface area contributed by atoms with Crippen molar-refractivity contribution in [2.45, 2.75) is 25.2 Å². The van der Waals surface area contributed by atoms with E-state index >= 15 is 0 Å². The van der Waals surface area contributed by atoms with Crippen molar-refractivity contribution in [2.75, 3.05) is 11.9 Å². The van der Waals surface area contributed by atoms with E-state index in [0.717, 1.165) is 25.0 Å². The van der Waals surface area contributed by atoms with E-state index < -0.39 is 12.4 Å². The van der Waals surface area contributed by atoms with Crippen LogP contribution in [0.5, 0.6) is 5.75 Å². The number of ether oxygens (including phenoxy) is 1. The molecule has 1 aliphatic carbocycles. The average Bonchev–Trinajstić information content (AvgIpc) is 2.34. The topological polar surface area (TPSA) is 76.4 Å². The molecule has 0 heterocycles. The van der Waals surface area contributed by atoms with Crippen molar-refractivity contribution in [1.29, 1.82) is 0 Å². The van der Waals surface area contributed by atoms with Crippen LogP contribution in [0.1, 0.15) is 12.8 Å². The second-order valence-electron chi connectivity index (χ2n) is 5.00. The highest BCUT2D eigenvalue weighted by atomic mass is 19.4. The fourth-order valence-corrected chi connectivity index (χ4v) is 2.11. The lowest BCUT2D eigenvalue weighted by atomic mass is 9.81. The van der Waals surface area contributed by atoms with Crippen LogP contribution >= 0.6 is 0 Å². The number of hydrogen-bond donors (Lipinski definition) is 3. The Balaban J connectivity index is 1.76. The number of halogens is 3. The summed E-state index contributed by atoms with van der Waals surface area (Å²) in [6.07, 6.45) is -2.94. The molecule has 116 valence electrons. The average molecular weight is 303 g/mol. The number of nitrogens with one attached hydrogen (secondary N) is 2. The summed E-state index contributed by atoms with van der Waals surface area (Å²) < 4.78 is 39.7. The monoisotopic (exact) mass is 303 g/mol. The summed E-state index contributed by atoms with van der Waals surface area (Å²) in [6, 6.07) is 4.75. The molecule has 1 aliphatic rings. The highest BCUT2D eigenvalue weighted by molar-refractivity contribution is 5.89. The standard InChI is InChI=1S/C13H16F3N3O2/c14-13(15,16)21-11-3-1-10(2-4-11)19-12(20)18-7-8-5-9(17)6-8/h1-4,8-9H,5-7,17H2,(H2,18,19,20). The Bertz CT molecular complexity index is 484. The van der Waals surface area contributed by atoms with Crippen LogP contribution in [0, 0.1) is 5.92 Å². The van der Waals surface area contributed by atoms with Gasteiger partial charge in [0.05, 0.1) is 0 Å². The van der Waals surface area contributed by atoms with E-state index in [1.54, 1.807) is 0 Å². The second-order valence-corrected chi connectivity index (χ2v) is 5.00. The molecule has 0 aromatic heterocycles. The first-order valence-corrected chi connectivity index (χ1v) is 6.48. The molecule has 5 nitrogen and oxygen atoms in total. The number of nitrogens with two attached hydrogens (primary N) is 1. The summed E-state index contributed by atoms with van der Waals surface area (Å²) >= 11 is 0. The van der Waals surface area contributed by atoms with Gasteiger partial charge < -0.3 is 21.1 Å². The van der Waals surface area contributed by atoms with Crippen LogP contribution in [0.3, 0.4) is 0 Å². The minimum atomic E-state index is -4.73. The first-order chi connectivity index (χ1) is 9.82. The fraction of sp³-hybridized carbons (Fsp3) is 0.462. The van der Waals surface area contributed by atoms with Crippen molar-refractivity contribution < 1.29 is 22.7 Å². The van der Waals surface area contributed by atoms with E-state index in [0.29, 0.717) is 18.2 Å². The molecule has 8 heteroatoms. The molecule has 1 aromatic carbocycles. The molecule has 0 aliphatic heterocycles. The van der Waals surface area contributed by atoms with Gasteiger partial charge in [0.1, 0.15) is 5.75 Å². The maximum Gasteiger partial charge on any atom is 0.573 e. The van der Waals surface area contributed by atoms with Gasteiger partial charge in [-0.15, -0.1) is 13.2 Å². The lowest BCUT2D eigenvalue weighted by Crippen LogP contribution is -2.43. The first-order valence-electron chi connectivity index (χ1n) is 6.48. The minimum Gasteiger partial charge on any atom is -0.406 e. The molecule has 0 bridgehead atoms. The number of benzene rings is 1. The Hall–Kier alpha value is -1.96. The third-order valence-corrected chi connectivity index (χ3v) is 3.17. The number of alkyl halides is 3. The summed E-state index contributed by atoms with van der Waals surface area (Å²) in [5.74, 6) is 0.0604. The first kappa shape index (κ1) is 15.4. The lowest BCUT2D eigenvalue weighted by molar-refractivity contribution is -0.274. The number of carbonyl (C=O) groups excluding carboxylic acids is 1. The van der Waals surface area contributed by atoms with E-state index in [4.69, 9.17) is 5.73 Å². The van der Waals surface area contributed by atoms with Gasteiger partial charge in [0.25, 0.3) is 0 Å². The molecule has 0 radical (unpaired) electrons. The summed E-state index contributed by atoms with van der Waals surface area (Å²) in [6.45, 7) is 0.537. The normalized spacial score (nSPS) is 21.3. The highest BCUT2D eigenvalue weighted by Gasteiger charge is 2.31. The molecule has 0 saturated heterocycles. The molecule has 4 N–H and O–H groups in total. The van der Waals surface area contributed by atoms with Crippen LogP contribution in [0.2, 0.25) is 0 Å². The van der Waals surface area contributed by atoms with Crippen molar-refractivity contribution in [3.8, 4) is 5.75 Å². The molecule has 0 unspecified atom stereocenters. The van der Waals surface area contributed by atoms with Gasteiger partial charge >= 0.3 is 12.4 Å². The number of urea groups is 1. The minimum absolute atomic E-state index is 0.223. The van der Waals surface area contributed by atoms with E-state index in [2.05, 4.69) is 15.4 Å². The van der Waals surface area contributed by atoms with Crippen LogP contribution in [0.4, 0.5) is 23.7 Å². The van der Waals surface area contributed by atoms with Gasteiger partial charge in [0, 0.05) is 18.3 Å². The molecular weight excluding hydrogens is 287 g/mol. The van der Waals surface area contributed by atoms with Gasteiger partial charge in [-0.3, -0.25) is 0 Å². The van der Waals surface area contributed by atoms with Crippen LogP contribution in [0.15, 0.2) is 24.3 Å². The molecule has 1 saturated carbocycles. The summed E-state index contributed by atoms with van der Waals surface area (Å²) in [7, 11) is 0. The van der Waals surface area contributed by atoms with E-state index in [1.165, 1.54) is 12.1 Å². The van der Waals surface area contributed by atoms with Crippen molar-refractivity contribution in [1.82, 2.24) is 5.32 Å². The molecule has 1 fully saturated rings. The molecule has 2 amide bonds. The molecule has 1 aromatic rings. The fourth-order valence-electron chi connectivity index (χ4n) is 2.11. The molecule has 21 heavy (non-hydrogen) atoms. The van der Waals surface area contributed by atoms with Crippen LogP contribution < -0.4 is 21.1 Å². The predicted octanol–water partition coefficient (Wildman–Crippen LogP) is 2.44. The van der Waals surface area contributed by atoms with E-state index in [-0.39, 0.29) is 11.8 Å². The Kier molecular flexibility index (Phi) is 4.56. The maximum absolute atomic E-state index is 12.0. The van der Waals surface area contributed by atoms with Gasteiger partial charge in [-0.25, -0.2) is 4.79 Å². The highest BCUT2D eigenvalue weighted by Crippen LogP contribution is 2.25. The van der Waals surface area contributed by atoms with E-state index in [1.807, 2.05) is 0 Å². The third-order valence-electron chi connectivity index (χ3n) is 3.17. The quantitative estimate of drug-likeness (QED) is 0.799. The number of hydrogen-bond acceptors (Lipinski definition) is 3. The molecule has 0 spiro atoms. The Morgan fingerprint density at radius 2 is 1.90 bits per heavy atom. The third kappa shape index (κ3) is 5.14. The zero-order valence-corrected chi connectivity index (χ0v) is 11.1. The summed E-state index contributed by atoms with van der Waals surface area (Å²) in [5, 5.41) is 5.22. The largest absolute Gasteiger partial charge is 0.573 e. The summed E-state index contributed by atoms with van der Waals surface area (Å²) in [5.41, 5.74) is 6.02. The Labute approximate surface area is 119 Å². The molecular formula is C13H16F3N3O2. The van der Waals surface area contributed by atoms with Gasteiger partial charge in [-0.1, -0.05) is 0 Å². The molecule has 2 rings (SSSR count). The number of anilines is 1. The number of rotatable bonds is 4. The lowest BCUT2D eigenvalue weighted by Gasteiger charge is -2.32. The van der Waals surface area contributed by atoms with Crippen molar-refractivity contribution >= 4 is 11.7 Å². The number of carbonyl (C=O) groups is 1.